The Morgan fingerprint density at radius 2 is 1.43 bits per heavy atom. The van der Waals surface area contributed by atoms with Gasteiger partial charge in [-0.15, -0.1) is 0 Å². The third kappa shape index (κ3) is 8.71. The van der Waals surface area contributed by atoms with Gasteiger partial charge in [0.2, 0.25) is 11.8 Å². The van der Waals surface area contributed by atoms with Crippen LogP contribution in [0.15, 0.2) is 119 Å². The molecule has 0 heterocycles. The zero-order valence-corrected chi connectivity index (χ0v) is 27.7. The van der Waals surface area contributed by atoms with Crippen molar-refractivity contribution in [1.29, 1.82) is 0 Å². The summed E-state index contributed by atoms with van der Waals surface area (Å²) in [7, 11) is -4.15. The van der Waals surface area contributed by atoms with Gasteiger partial charge in [-0.05, 0) is 73.0 Å². The van der Waals surface area contributed by atoms with Crippen LogP contribution >= 0.6 is 27.5 Å². The van der Waals surface area contributed by atoms with E-state index in [-0.39, 0.29) is 29.8 Å². The van der Waals surface area contributed by atoms with E-state index in [4.69, 9.17) is 11.6 Å². The lowest BCUT2D eigenvalue weighted by atomic mass is 10.0. The van der Waals surface area contributed by atoms with E-state index >= 15 is 0 Å². The molecule has 2 atom stereocenters. The molecule has 7 nitrogen and oxygen atoms in total. The number of sulfonamides is 1. The van der Waals surface area contributed by atoms with Crippen LogP contribution in [-0.4, -0.2) is 43.8 Å². The summed E-state index contributed by atoms with van der Waals surface area (Å²) < 4.78 is 29.9. The van der Waals surface area contributed by atoms with E-state index in [1.54, 1.807) is 66.7 Å². The molecule has 10 heteroatoms. The molecule has 230 valence electrons. The number of carbonyl (C=O) groups excluding carboxylic acids is 2. The fourth-order valence-corrected chi connectivity index (χ4v) is 6.46. The van der Waals surface area contributed by atoms with Crippen molar-refractivity contribution in [2.45, 2.75) is 50.2 Å². The molecule has 4 aromatic rings. The first-order valence-corrected chi connectivity index (χ1v) is 16.9. The molecule has 0 saturated carbocycles. The molecule has 4 aromatic carbocycles. The van der Waals surface area contributed by atoms with Gasteiger partial charge in [0.05, 0.1) is 10.6 Å². The van der Waals surface area contributed by atoms with Gasteiger partial charge >= 0.3 is 0 Å². The smallest absolute Gasteiger partial charge is 0.264 e. The molecule has 1 N–H and O–H groups in total. The minimum absolute atomic E-state index is 0.0512. The van der Waals surface area contributed by atoms with Crippen molar-refractivity contribution in [1.82, 2.24) is 10.2 Å². The maximum Gasteiger partial charge on any atom is 0.264 e. The summed E-state index contributed by atoms with van der Waals surface area (Å²) >= 11 is 9.54. The number of rotatable bonds is 13. The summed E-state index contributed by atoms with van der Waals surface area (Å²) in [6, 6.07) is 30.2. The monoisotopic (exact) mass is 695 g/mol. The van der Waals surface area contributed by atoms with Crippen molar-refractivity contribution >= 4 is 55.1 Å². The lowest BCUT2D eigenvalue weighted by Gasteiger charge is -2.34. The van der Waals surface area contributed by atoms with Crippen molar-refractivity contribution in [3.05, 3.63) is 130 Å². The van der Waals surface area contributed by atoms with Gasteiger partial charge in [0.1, 0.15) is 12.6 Å². The molecular formula is C34H35BrClN3O4S. The maximum atomic E-state index is 14.4. The molecule has 4 rings (SSSR count). The van der Waals surface area contributed by atoms with E-state index in [9.17, 15) is 18.0 Å². The predicted molar refractivity (Wildman–Crippen MR) is 179 cm³/mol. The Bertz CT molecular complexity index is 1640. The summed E-state index contributed by atoms with van der Waals surface area (Å²) in [4.78, 5) is 29.8. The van der Waals surface area contributed by atoms with E-state index < -0.39 is 28.5 Å². The van der Waals surface area contributed by atoms with Crippen molar-refractivity contribution in [3.63, 3.8) is 0 Å². The van der Waals surface area contributed by atoms with Crippen molar-refractivity contribution < 1.29 is 18.0 Å². The molecule has 44 heavy (non-hydrogen) atoms. The van der Waals surface area contributed by atoms with Gasteiger partial charge in [-0.2, -0.15) is 0 Å². The van der Waals surface area contributed by atoms with Crippen LogP contribution in [0.25, 0.3) is 0 Å². The standard InChI is InChI=1S/C34H35BrClN3O4S/c1-3-25(2)37-34(41)32(22-26-10-6-4-7-11-26)38(23-27-14-18-29(36)19-15-27)33(40)24-39(30-20-16-28(35)17-21-30)44(42,43)31-12-8-5-9-13-31/h4-21,25,32H,3,22-24H2,1-2H3,(H,37,41)/t25-,32-/m1/s1. The second kappa shape index (κ2) is 15.4. The molecule has 0 fully saturated rings. The van der Waals surface area contributed by atoms with Crippen LogP contribution < -0.4 is 9.62 Å². The lowest BCUT2D eigenvalue weighted by molar-refractivity contribution is -0.140. The zero-order chi connectivity index (χ0) is 31.7. The number of anilines is 1. The molecule has 0 spiro atoms. The zero-order valence-electron chi connectivity index (χ0n) is 24.6. The summed E-state index contributed by atoms with van der Waals surface area (Å²) in [5.74, 6) is -0.839. The number of carbonyl (C=O) groups is 2. The quantitative estimate of drug-likeness (QED) is 0.166. The van der Waals surface area contributed by atoms with Gasteiger partial charge in [-0.25, -0.2) is 8.42 Å². The molecule has 0 aliphatic carbocycles. The highest BCUT2D eigenvalue weighted by molar-refractivity contribution is 9.10. The average Bonchev–Trinajstić information content (AvgIpc) is 3.03. The molecular weight excluding hydrogens is 662 g/mol. The van der Waals surface area contributed by atoms with E-state index in [1.807, 2.05) is 44.2 Å². The Labute approximate surface area is 273 Å². The number of amides is 2. The third-order valence-electron chi connectivity index (χ3n) is 7.26. The number of halogens is 2. The molecule has 0 aliphatic heterocycles. The molecule has 0 aromatic heterocycles. The highest BCUT2D eigenvalue weighted by atomic mass is 79.9. The normalized spacial score (nSPS) is 12.6. The third-order valence-corrected chi connectivity index (χ3v) is 9.83. The summed E-state index contributed by atoms with van der Waals surface area (Å²) in [5.41, 5.74) is 1.94. The van der Waals surface area contributed by atoms with Gasteiger partial charge in [-0.3, -0.25) is 13.9 Å². The Morgan fingerprint density at radius 3 is 2.02 bits per heavy atom. The second-order valence-electron chi connectivity index (χ2n) is 10.5. The van der Waals surface area contributed by atoms with Gasteiger partial charge in [0.15, 0.2) is 0 Å². The van der Waals surface area contributed by atoms with Crippen molar-refractivity contribution in [3.8, 4) is 0 Å². The molecule has 0 radical (unpaired) electrons. The Kier molecular flexibility index (Phi) is 11.6. The predicted octanol–water partition coefficient (Wildman–Crippen LogP) is 6.85. The topological polar surface area (TPSA) is 86.8 Å². The number of hydrogen-bond donors (Lipinski definition) is 1. The number of benzene rings is 4. The van der Waals surface area contributed by atoms with E-state index in [0.29, 0.717) is 17.1 Å². The first-order chi connectivity index (χ1) is 21.1. The number of hydrogen-bond acceptors (Lipinski definition) is 4. The fourth-order valence-electron chi connectivity index (χ4n) is 4.64. The Hall–Kier alpha value is -3.66. The van der Waals surface area contributed by atoms with Gasteiger partial charge in [0.25, 0.3) is 10.0 Å². The average molecular weight is 697 g/mol. The molecule has 2 amide bonds. The van der Waals surface area contributed by atoms with Crippen LogP contribution in [0.3, 0.4) is 0 Å². The second-order valence-corrected chi connectivity index (χ2v) is 13.7. The van der Waals surface area contributed by atoms with Crippen LogP contribution in [-0.2, 0) is 32.6 Å². The Balaban J connectivity index is 1.79. The molecule has 0 unspecified atom stereocenters. The first-order valence-electron chi connectivity index (χ1n) is 14.3. The molecule has 0 bridgehead atoms. The first kappa shape index (κ1) is 33.2. The minimum atomic E-state index is -4.15. The minimum Gasteiger partial charge on any atom is -0.352 e. The van der Waals surface area contributed by atoms with Gasteiger partial charge in [-0.1, -0.05) is 95.1 Å². The van der Waals surface area contributed by atoms with Crippen LogP contribution in [0.4, 0.5) is 5.69 Å². The molecule has 0 aliphatic rings. The molecule has 0 saturated heterocycles. The van der Waals surface area contributed by atoms with Crippen LogP contribution in [0, 0.1) is 0 Å². The number of nitrogens with zero attached hydrogens (tertiary/aromatic N) is 2. The summed E-state index contributed by atoms with van der Waals surface area (Å²) in [6.45, 7) is 3.43. The van der Waals surface area contributed by atoms with Crippen molar-refractivity contribution in [2.24, 2.45) is 0 Å². The largest absolute Gasteiger partial charge is 0.352 e. The van der Waals surface area contributed by atoms with E-state index in [1.165, 1.54) is 17.0 Å². The maximum absolute atomic E-state index is 14.4. The fraction of sp³-hybridized carbons (Fsp3) is 0.235. The Morgan fingerprint density at radius 1 is 0.841 bits per heavy atom. The van der Waals surface area contributed by atoms with Gasteiger partial charge < -0.3 is 10.2 Å². The summed E-state index contributed by atoms with van der Waals surface area (Å²) in [5, 5.41) is 3.58. The van der Waals surface area contributed by atoms with Crippen LogP contribution in [0.1, 0.15) is 31.4 Å². The van der Waals surface area contributed by atoms with E-state index in [2.05, 4.69) is 21.2 Å². The summed E-state index contributed by atoms with van der Waals surface area (Å²) in [6.07, 6.45) is 0.952. The number of nitrogens with one attached hydrogen (secondary N) is 1. The highest BCUT2D eigenvalue weighted by Crippen LogP contribution is 2.26. The van der Waals surface area contributed by atoms with Crippen molar-refractivity contribution in [2.75, 3.05) is 10.8 Å². The van der Waals surface area contributed by atoms with E-state index in [0.717, 1.165) is 19.9 Å². The van der Waals surface area contributed by atoms with Crippen LogP contribution in [0.5, 0.6) is 0 Å². The highest BCUT2D eigenvalue weighted by Gasteiger charge is 2.35. The SMILES string of the molecule is CC[C@@H](C)NC(=O)[C@@H](Cc1ccccc1)N(Cc1ccc(Cl)cc1)C(=O)CN(c1ccc(Br)cc1)S(=O)(=O)c1ccccc1. The lowest BCUT2D eigenvalue weighted by Crippen LogP contribution is -2.54. The van der Waals surface area contributed by atoms with Crippen LogP contribution in [0.2, 0.25) is 5.02 Å². The van der Waals surface area contributed by atoms with Gasteiger partial charge in [0, 0.05) is 28.5 Å².